The first-order chi connectivity index (χ1) is 6.77. The third-order valence-electron chi connectivity index (χ3n) is 2.61. The first-order valence-corrected chi connectivity index (χ1v) is 4.69. The van der Waals surface area contributed by atoms with Crippen LogP contribution < -0.4 is 5.32 Å². The Balaban J connectivity index is 1.94. The molecule has 1 saturated carbocycles. The van der Waals surface area contributed by atoms with Crippen LogP contribution in [0, 0.1) is 16.0 Å². The average Bonchev–Trinajstić information content (AvgIpc) is 2.49. The number of anilines is 1. The van der Waals surface area contributed by atoms with Gasteiger partial charge in [0.25, 0.3) is 0 Å². The zero-order valence-corrected chi connectivity index (χ0v) is 7.69. The summed E-state index contributed by atoms with van der Waals surface area (Å²) in [6.45, 7) is 0.806. The highest BCUT2D eigenvalue weighted by atomic mass is 16.6. The lowest BCUT2D eigenvalue weighted by atomic mass is 9.85. The number of aromatic nitrogens is 2. The number of nitro groups is 1. The molecule has 0 amide bonds. The second-order valence-electron chi connectivity index (χ2n) is 3.57. The minimum Gasteiger partial charge on any atom is -0.377 e. The van der Waals surface area contributed by atoms with Crippen molar-refractivity contribution in [2.24, 2.45) is 5.92 Å². The van der Waals surface area contributed by atoms with Crippen molar-refractivity contribution < 1.29 is 4.92 Å². The summed E-state index contributed by atoms with van der Waals surface area (Å²) in [6, 6.07) is 0. The van der Waals surface area contributed by atoms with E-state index < -0.39 is 4.92 Å². The van der Waals surface area contributed by atoms with Gasteiger partial charge in [-0.05, 0) is 23.7 Å². The molecule has 0 unspecified atom stereocenters. The fourth-order valence-electron chi connectivity index (χ4n) is 1.50. The summed E-state index contributed by atoms with van der Waals surface area (Å²) >= 11 is 0. The molecule has 1 aromatic heterocycles. The van der Waals surface area contributed by atoms with Gasteiger partial charge in [-0.2, -0.15) is 0 Å². The molecule has 6 nitrogen and oxygen atoms in total. The lowest BCUT2D eigenvalue weighted by Crippen LogP contribution is -2.20. The molecule has 1 aliphatic rings. The highest BCUT2D eigenvalue weighted by molar-refractivity contribution is 5.55. The normalized spacial score (nSPS) is 16.3. The van der Waals surface area contributed by atoms with Gasteiger partial charge in [-0.25, -0.2) is 0 Å². The van der Waals surface area contributed by atoms with Crippen LogP contribution in [-0.4, -0.2) is 21.7 Å². The van der Waals surface area contributed by atoms with Crippen LogP contribution in [0.3, 0.4) is 0 Å². The van der Waals surface area contributed by atoms with Gasteiger partial charge in [-0.15, -0.1) is 5.10 Å². The van der Waals surface area contributed by atoms with Gasteiger partial charge in [0.15, 0.2) is 5.69 Å². The number of hydrogen-bond donors (Lipinski definition) is 2. The SMILES string of the molecule is O=[N+]([O-])c1[nH]ncc1NCC1CCC1. The third kappa shape index (κ3) is 1.68. The predicted molar refractivity (Wildman–Crippen MR) is 51.1 cm³/mol. The van der Waals surface area contributed by atoms with Crippen molar-refractivity contribution in [3.63, 3.8) is 0 Å². The first kappa shape index (κ1) is 8.98. The van der Waals surface area contributed by atoms with E-state index in [4.69, 9.17) is 0 Å². The summed E-state index contributed by atoms with van der Waals surface area (Å²) in [5.74, 6) is 0.619. The Hall–Kier alpha value is -1.59. The molecule has 6 heteroatoms. The summed E-state index contributed by atoms with van der Waals surface area (Å²) in [7, 11) is 0. The smallest absolute Gasteiger partial charge is 0.366 e. The Labute approximate surface area is 80.9 Å². The largest absolute Gasteiger partial charge is 0.377 e. The number of nitrogens with zero attached hydrogens (tertiary/aromatic N) is 2. The second kappa shape index (κ2) is 3.65. The highest BCUT2D eigenvalue weighted by Crippen LogP contribution is 2.27. The van der Waals surface area contributed by atoms with Crippen LogP contribution in [0.4, 0.5) is 11.5 Å². The molecule has 1 fully saturated rings. The number of hydrogen-bond acceptors (Lipinski definition) is 4. The van der Waals surface area contributed by atoms with Gasteiger partial charge in [0.2, 0.25) is 0 Å². The van der Waals surface area contributed by atoms with E-state index in [1.807, 2.05) is 0 Å². The van der Waals surface area contributed by atoms with Crippen molar-refractivity contribution in [1.29, 1.82) is 0 Å². The van der Waals surface area contributed by atoms with E-state index in [1.165, 1.54) is 25.5 Å². The van der Waals surface area contributed by atoms with Crippen LogP contribution in [0.2, 0.25) is 0 Å². The third-order valence-corrected chi connectivity index (χ3v) is 2.61. The molecular formula is C8H12N4O2. The Morgan fingerprint density at radius 2 is 2.50 bits per heavy atom. The van der Waals surface area contributed by atoms with Crippen molar-refractivity contribution >= 4 is 11.5 Å². The van der Waals surface area contributed by atoms with Crippen molar-refractivity contribution in [3.8, 4) is 0 Å². The molecular weight excluding hydrogens is 184 g/mol. The maximum absolute atomic E-state index is 10.5. The number of nitrogens with one attached hydrogen (secondary N) is 2. The van der Waals surface area contributed by atoms with Crippen LogP contribution in [0.15, 0.2) is 6.20 Å². The zero-order chi connectivity index (χ0) is 9.97. The standard InChI is InChI=1S/C8H12N4O2/c13-12(14)8-7(5-10-11-8)9-4-6-2-1-3-6/h5-6,9H,1-4H2,(H,10,11). The molecule has 0 bridgehead atoms. The van der Waals surface area contributed by atoms with Crippen molar-refractivity contribution in [1.82, 2.24) is 10.2 Å². The molecule has 1 heterocycles. The Bertz CT molecular complexity index is 332. The summed E-state index contributed by atoms with van der Waals surface area (Å²) in [4.78, 5) is 10.0. The fraction of sp³-hybridized carbons (Fsp3) is 0.625. The molecule has 0 aliphatic heterocycles. The van der Waals surface area contributed by atoms with E-state index in [0.29, 0.717) is 11.6 Å². The van der Waals surface area contributed by atoms with Gasteiger partial charge >= 0.3 is 5.82 Å². The molecule has 0 spiro atoms. The molecule has 2 rings (SSSR count). The van der Waals surface area contributed by atoms with E-state index in [1.54, 1.807) is 0 Å². The quantitative estimate of drug-likeness (QED) is 0.565. The Morgan fingerprint density at radius 3 is 3.07 bits per heavy atom. The topological polar surface area (TPSA) is 83.8 Å². The van der Waals surface area contributed by atoms with Crippen LogP contribution in [-0.2, 0) is 0 Å². The molecule has 14 heavy (non-hydrogen) atoms. The van der Waals surface area contributed by atoms with Gasteiger partial charge in [0, 0.05) is 6.54 Å². The van der Waals surface area contributed by atoms with E-state index in [0.717, 1.165) is 6.54 Å². The lowest BCUT2D eigenvalue weighted by Gasteiger charge is -2.25. The van der Waals surface area contributed by atoms with Crippen molar-refractivity contribution in [3.05, 3.63) is 16.3 Å². The van der Waals surface area contributed by atoms with Crippen LogP contribution in [0.1, 0.15) is 19.3 Å². The number of H-pyrrole nitrogens is 1. The fourth-order valence-corrected chi connectivity index (χ4v) is 1.50. The van der Waals surface area contributed by atoms with Crippen LogP contribution in [0.25, 0.3) is 0 Å². The minimum absolute atomic E-state index is 0.0516. The molecule has 0 atom stereocenters. The van der Waals surface area contributed by atoms with Gasteiger partial charge in [0.1, 0.15) is 6.20 Å². The van der Waals surface area contributed by atoms with E-state index in [-0.39, 0.29) is 5.82 Å². The Kier molecular flexibility index (Phi) is 2.34. The summed E-state index contributed by atoms with van der Waals surface area (Å²) in [5.41, 5.74) is 0.488. The van der Waals surface area contributed by atoms with Crippen LogP contribution in [0.5, 0.6) is 0 Å². The molecule has 1 aromatic rings. The predicted octanol–water partition coefficient (Wildman–Crippen LogP) is 1.53. The van der Waals surface area contributed by atoms with E-state index in [2.05, 4.69) is 15.5 Å². The molecule has 1 aliphatic carbocycles. The van der Waals surface area contributed by atoms with Crippen molar-refractivity contribution in [2.75, 3.05) is 11.9 Å². The summed E-state index contributed by atoms with van der Waals surface area (Å²) in [6.07, 6.45) is 5.17. The van der Waals surface area contributed by atoms with Gasteiger partial charge in [-0.1, -0.05) is 11.5 Å². The van der Waals surface area contributed by atoms with Crippen LogP contribution >= 0.6 is 0 Å². The average molecular weight is 196 g/mol. The maximum Gasteiger partial charge on any atom is 0.366 e. The first-order valence-electron chi connectivity index (χ1n) is 4.69. The molecule has 0 radical (unpaired) electrons. The minimum atomic E-state index is -0.462. The summed E-state index contributed by atoms with van der Waals surface area (Å²) < 4.78 is 0. The molecule has 2 N–H and O–H groups in total. The van der Waals surface area contributed by atoms with Gasteiger partial charge in [-0.3, -0.25) is 0 Å². The monoisotopic (exact) mass is 196 g/mol. The zero-order valence-electron chi connectivity index (χ0n) is 7.69. The van der Waals surface area contributed by atoms with Crippen molar-refractivity contribution in [2.45, 2.75) is 19.3 Å². The highest BCUT2D eigenvalue weighted by Gasteiger charge is 2.20. The maximum atomic E-state index is 10.5. The van der Waals surface area contributed by atoms with E-state index >= 15 is 0 Å². The number of rotatable bonds is 4. The lowest BCUT2D eigenvalue weighted by molar-refractivity contribution is -0.388. The molecule has 0 saturated heterocycles. The van der Waals surface area contributed by atoms with E-state index in [9.17, 15) is 10.1 Å². The number of aromatic amines is 1. The molecule has 0 aromatic carbocycles. The molecule has 76 valence electrons. The second-order valence-corrected chi connectivity index (χ2v) is 3.57. The van der Waals surface area contributed by atoms with Gasteiger partial charge < -0.3 is 15.4 Å². The van der Waals surface area contributed by atoms with Gasteiger partial charge in [0.05, 0.1) is 0 Å². The Morgan fingerprint density at radius 1 is 1.71 bits per heavy atom. The summed E-state index contributed by atoms with van der Waals surface area (Å²) in [5, 5.41) is 19.5.